The lowest BCUT2D eigenvalue weighted by atomic mass is 10.1. The number of ether oxygens (including phenoxy) is 1. The van der Waals surface area contributed by atoms with Crippen molar-refractivity contribution in [2.45, 2.75) is 71.0 Å². The smallest absolute Gasteiger partial charge is 0.162 e. The van der Waals surface area contributed by atoms with Gasteiger partial charge in [-0.2, -0.15) is 0 Å². The molecule has 1 aromatic carbocycles. The van der Waals surface area contributed by atoms with E-state index in [1.54, 1.807) is 6.92 Å². The van der Waals surface area contributed by atoms with E-state index in [1.807, 2.05) is 18.2 Å². The summed E-state index contributed by atoms with van der Waals surface area (Å²) in [6.45, 7) is 4.59. The van der Waals surface area contributed by atoms with Crippen LogP contribution in [0.2, 0.25) is 0 Å². The highest BCUT2D eigenvalue weighted by Gasteiger charge is 2.19. The van der Waals surface area contributed by atoms with Crippen LogP contribution >= 0.6 is 0 Å². The summed E-state index contributed by atoms with van der Waals surface area (Å²) in [4.78, 5) is 0. The number of aliphatic hydroxyl groups is 1. The van der Waals surface area contributed by atoms with Gasteiger partial charge in [0.2, 0.25) is 0 Å². The summed E-state index contributed by atoms with van der Waals surface area (Å²) in [6, 6.07) is 10.3. The molecule has 0 fully saturated rings. The predicted molar refractivity (Wildman–Crippen MR) is 84.7 cm³/mol. The Morgan fingerprint density at radius 1 is 1.00 bits per heavy atom. The second-order valence-corrected chi connectivity index (χ2v) is 5.78. The van der Waals surface area contributed by atoms with Crippen LogP contribution in [0.3, 0.4) is 0 Å². The molecular weight excluding hydrogens is 248 g/mol. The van der Waals surface area contributed by atoms with E-state index in [-0.39, 0.29) is 0 Å². The summed E-state index contributed by atoms with van der Waals surface area (Å²) in [5.74, 6) is -0.973. The third-order valence-electron chi connectivity index (χ3n) is 3.64. The number of benzene rings is 1. The van der Waals surface area contributed by atoms with Crippen molar-refractivity contribution in [1.29, 1.82) is 0 Å². The first-order valence-electron chi connectivity index (χ1n) is 8.04. The fourth-order valence-corrected chi connectivity index (χ4v) is 2.34. The Labute approximate surface area is 124 Å². The summed E-state index contributed by atoms with van der Waals surface area (Å²) in [7, 11) is 0. The Hall–Kier alpha value is -0.860. The lowest BCUT2D eigenvalue weighted by Crippen LogP contribution is -2.29. The fourth-order valence-electron chi connectivity index (χ4n) is 2.34. The topological polar surface area (TPSA) is 29.5 Å². The van der Waals surface area contributed by atoms with Gasteiger partial charge in [-0.05, 0) is 25.3 Å². The average molecular weight is 278 g/mol. The molecule has 0 amide bonds. The summed E-state index contributed by atoms with van der Waals surface area (Å²) < 4.78 is 5.62. The van der Waals surface area contributed by atoms with Crippen molar-refractivity contribution in [3.63, 3.8) is 0 Å². The van der Waals surface area contributed by atoms with Crippen molar-refractivity contribution in [3.8, 4) is 0 Å². The molecule has 0 bridgehead atoms. The molecule has 20 heavy (non-hydrogen) atoms. The van der Waals surface area contributed by atoms with Gasteiger partial charge in [0.15, 0.2) is 5.79 Å². The van der Waals surface area contributed by atoms with E-state index < -0.39 is 5.79 Å². The van der Waals surface area contributed by atoms with Gasteiger partial charge >= 0.3 is 0 Å². The highest BCUT2D eigenvalue weighted by molar-refractivity contribution is 5.14. The molecule has 1 atom stereocenters. The van der Waals surface area contributed by atoms with Gasteiger partial charge in [-0.1, -0.05) is 69.4 Å². The second-order valence-electron chi connectivity index (χ2n) is 5.78. The fraction of sp³-hybridized carbons (Fsp3) is 0.667. The van der Waals surface area contributed by atoms with E-state index >= 15 is 0 Å². The molecule has 1 rings (SSSR count). The van der Waals surface area contributed by atoms with Gasteiger partial charge in [0.25, 0.3) is 0 Å². The minimum absolute atomic E-state index is 0.576. The zero-order valence-electron chi connectivity index (χ0n) is 13.1. The monoisotopic (exact) mass is 278 g/mol. The summed E-state index contributed by atoms with van der Waals surface area (Å²) in [5.41, 5.74) is 1.25. The Bertz CT molecular complexity index is 333. The number of hydrogen-bond acceptors (Lipinski definition) is 2. The van der Waals surface area contributed by atoms with Crippen LogP contribution in [0.5, 0.6) is 0 Å². The van der Waals surface area contributed by atoms with Gasteiger partial charge < -0.3 is 9.84 Å². The first kappa shape index (κ1) is 17.2. The van der Waals surface area contributed by atoms with Crippen LogP contribution in [-0.2, 0) is 11.2 Å². The number of unbranched alkanes of at least 4 members (excludes halogenated alkanes) is 5. The molecular formula is C18H30O2. The molecule has 0 spiro atoms. The van der Waals surface area contributed by atoms with Crippen molar-refractivity contribution in [2.75, 3.05) is 6.61 Å². The van der Waals surface area contributed by atoms with Crippen LogP contribution in [0.1, 0.15) is 64.4 Å². The van der Waals surface area contributed by atoms with Crippen molar-refractivity contribution in [1.82, 2.24) is 0 Å². The molecule has 2 heteroatoms. The molecule has 1 aromatic rings. The summed E-state index contributed by atoms with van der Waals surface area (Å²) in [6.07, 6.45) is 9.01. The first-order valence-corrected chi connectivity index (χ1v) is 8.04. The Morgan fingerprint density at radius 3 is 2.35 bits per heavy atom. The van der Waals surface area contributed by atoms with Crippen LogP contribution in [0.4, 0.5) is 0 Å². The Balaban J connectivity index is 2.08. The third kappa shape index (κ3) is 8.34. The molecule has 0 aliphatic heterocycles. The highest BCUT2D eigenvalue weighted by Crippen LogP contribution is 2.17. The Morgan fingerprint density at radius 2 is 1.65 bits per heavy atom. The standard InChI is InChI=1S/C18H30O2/c1-3-4-5-6-7-11-15-18(2,19)20-16-14-17-12-9-8-10-13-17/h8-10,12-13,19H,3-7,11,14-16H2,1-2H3. The minimum Gasteiger partial charge on any atom is -0.366 e. The van der Waals surface area contributed by atoms with E-state index in [9.17, 15) is 5.11 Å². The summed E-state index contributed by atoms with van der Waals surface area (Å²) in [5, 5.41) is 10.2. The van der Waals surface area contributed by atoms with Crippen molar-refractivity contribution < 1.29 is 9.84 Å². The SMILES string of the molecule is CCCCCCCCC(C)(O)OCCc1ccccc1. The molecule has 0 saturated carbocycles. The van der Waals surface area contributed by atoms with Gasteiger partial charge in [0.05, 0.1) is 6.61 Å². The molecule has 0 heterocycles. The van der Waals surface area contributed by atoms with Gasteiger partial charge in [-0.15, -0.1) is 0 Å². The lowest BCUT2D eigenvalue weighted by molar-refractivity contribution is -0.194. The first-order chi connectivity index (χ1) is 9.64. The van der Waals surface area contributed by atoms with Crippen molar-refractivity contribution >= 4 is 0 Å². The molecule has 1 N–H and O–H groups in total. The van der Waals surface area contributed by atoms with Crippen LogP contribution in [0.15, 0.2) is 30.3 Å². The van der Waals surface area contributed by atoms with Crippen molar-refractivity contribution in [2.24, 2.45) is 0 Å². The quantitative estimate of drug-likeness (QED) is 0.469. The van der Waals surface area contributed by atoms with E-state index in [2.05, 4.69) is 19.1 Å². The zero-order chi connectivity index (χ0) is 14.7. The average Bonchev–Trinajstić information content (AvgIpc) is 2.44. The molecule has 0 aromatic heterocycles. The predicted octanol–water partition coefficient (Wildman–Crippen LogP) is 4.70. The molecule has 2 nitrogen and oxygen atoms in total. The molecule has 114 valence electrons. The minimum atomic E-state index is -0.973. The third-order valence-corrected chi connectivity index (χ3v) is 3.64. The molecule has 1 unspecified atom stereocenters. The molecule has 0 saturated heterocycles. The highest BCUT2D eigenvalue weighted by atomic mass is 16.6. The van der Waals surface area contributed by atoms with Crippen molar-refractivity contribution in [3.05, 3.63) is 35.9 Å². The molecule has 0 aliphatic carbocycles. The van der Waals surface area contributed by atoms with Gasteiger partial charge in [0.1, 0.15) is 0 Å². The lowest BCUT2D eigenvalue weighted by Gasteiger charge is -2.23. The largest absolute Gasteiger partial charge is 0.366 e. The van der Waals surface area contributed by atoms with Crippen LogP contribution in [-0.4, -0.2) is 17.5 Å². The van der Waals surface area contributed by atoms with Crippen LogP contribution < -0.4 is 0 Å². The van der Waals surface area contributed by atoms with Gasteiger partial charge in [-0.3, -0.25) is 0 Å². The van der Waals surface area contributed by atoms with Crippen LogP contribution in [0, 0.1) is 0 Å². The Kier molecular flexibility index (Phi) is 8.56. The normalized spacial score (nSPS) is 14.2. The second kappa shape index (κ2) is 9.95. The van der Waals surface area contributed by atoms with E-state index in [0.717, 1.165) is 19.3 Å². The maximum atomic E-state index is 10.2. The molecule has 0 aliphatic rings. The van der Waals surface area contributed by atoms with Crippen LogP contribution in [0.25, 0.3) is 0 Å². The molecule has 0 radical (unpaired) electrons. The van der Waals surface area contributed by atoms with Gasteiger partial charge in [-0.25, -0.2) is 0 Å². The maximum absolute atomic E-state index is 10.2. The number of rotatable bonds is 11. The summed E-state index contributed by atoms with van der Waals surface area (Å²) >= 11 is 0. The maximum Gasteiger partial charge on any atom is 0.162 e. The number of hydrogen-bond donors (Lipinski definition) is 1. The van der Waals surface area contributed by atoms with Gasteiger partial charge in [0, 0.05) is 6.42 Å². The zero-order valence-corrected chi connectivity index (χ0v) is 13.1. The van der Waals surface area contributed by atoms with E-state index in [1.165, 1.54) is 37.7 Å². The van der Waals surface area contributed by atoms with E-state index in [4.69, 9.17) is 4.74 Å². The van der Waals surface area contributed by atoms with E-state index in [0.29, 0.717) is 6.61 Å².